The highest BCUT2D eigenvalue weighted by atomic mass is 35.5. The lowest BCUT2D eigenvalue weighted by Crippen LogP contribution is -2.30. The van der Waals surface area contributed by atoms with E-state index in [9.17, 15) is 9.59 Å². The van der Waals surface area contributed by atoms with Crippen molar-refractivity contribution in [1.82, 2.24) is 4.90 Å². The molecule has 0 unspecified atom stereocenters. The van der Waals surface area contributed by atoms with Crippen molar-refractivity contribution in [1.29, 1.82) is 0 Å². The van der Waals surface area contributed by atoms with Gasteiger partial charge in [0.15, 0.2) is 0 Å². The van der Waals surface area contributed by atoms with Crippen molar-refractivity contribution in [3.63, 3.8) is 0 Å². The van der Waals surface area contributed by atoms with Crippen molar-refractivity contribution >= 4 is 34.8 Å². The first-order chi connectivity index (χ1) is 8.02. The minimum atomic E-state index is -0.950. The number of halogens is 1. The lowest BCUT2D eigenvalue weighted by atomic mass is 10.2. The van der Waals surface area contributed by atoms with Crippen LogP contribution in [0.25, 0.3) is 0 Å². The number of nitrogens with zero attached hydrogens (tertiary/aromatic N) is 1. The van der Waals surface area contributed by atoms with E-state index in [1.54, 1.807) is 11.0 Å². The second kappa shape index (κ2) is 6.61. The number of carboxylic acids is 1. The highest BCUT2D eigenvalue weighted by molar-refractivity contribution is 7.16. The smallest absolute Gasteiger partial charge is 0.303 e. The summed E-state index contributed by atoms with van der Waals surface area (Å²) in [5, 5.41) is 8.52. The normalized spacial score (nSPS) is 10.2. The Balaban J connectivity index is 2.53. The van der Waals surface area contributed by atoms with Crippen LogP contribution in [0.5, 0.6) is 0 Å². The molecule has 0 saturated carbocycles. The number of hydrogen-bond acceptors (Lipinski definition) is 3. The summed E-state index contributed by atoms with van der Waals surface area (Å²) in [4.78, 5) is 24.7. The number of thiophene rings is 1. The van der Waals surface area contributed by atoms with Crippen LogP contribution in [0.3, 0.4) is 0 Å². The maximum Gasteiger partial charge on any atom is 0.303 e. The highest BCUT2D eigenvalue weighted by Crippen LogP contribution is 2.22. The van der Waals surface area contributed by atoms with Crippen LogP contribution in [0.15, 0.2) is 12.1 Å². The second-order valence-corrected chi connectivity index (χ2v) is 5.31. The average Bonchev–Trinajstić information content (AvgIpc) is 2.68. The maximum atomic E-state index is 11.7. The Morgan fingerprint density at radius 3 is 2.59 bits per heavy atom. The van der Waals surface area contributed by atoms with Gasteiger partial charge in [-0.25, -0.2) is 0 Å². The Labute approximate surface area is 109 Å². The molecular formula is C11H14ClNO3S. The van der Waals surface area contributed by atoms with Crippen molar-refractivity contribution < 1.29 is 14.7 Å². The molecule has 0 aliphatic carbocycles. The lowest BCUT2D eigenvalue weighted by molar-refractivity contribution is -0.141. The zero-order chi connectivity index (χ0) is 12.8. The molecule has 6 heteroatoms. The third kappa shape index (κ3) is 4.75. The summed E-state index contributed by atoms with van der Waals surface area (Å²) in [6.07, 6.45) is -0.0805. The molecule has 4 nitrogen and oxygen atoms in total. The number of carboxylic acid groups (broad SMARTS) is 1. The van der Waals surface area contributed by atoms with E-state index in [1.807, 2.05) is 13.0 Å². The molecule has 0 radical (unpaired) electrons. The largest absolute Gasteiger partial charge is 0.481 e. The minimum absolute atomic E-state index is 0.0439. The van der Waals surface area contributed by atoms with Crippen LogP contribution in [-0.4, -0.2) is 28.4 Å². The molecular weight excluding hydrogens is 262 g/mol. The van der Waals surface area contributed by atoms with Crippen molar-refractivity contribution in [2.75, 3.05) is 6.54 Å². The molecule has 1 amide bonds. The van der Waals surface area contributed by atoms with Crippen molar-refractivity contribution in [3.8, 4) is 0 Å². The molecule has 0 fully saturated rings. The van der Waals surface area contributed by atoms with Gasteiger partial charge in [0.1, 0.15) is 0 Å². The molecule has 1 heterocycles. The first-order valence-electron chi connectivity index (χ1n) is 5.26. The Bertz CT molecular complexity index is 405. The number of hydrogen-bond donors (Lipinski definition) is 1. The molecule has 1 rings (SSSR count). The highest BCUT2D eigenvalue weighted by Gasteiger charge is 2.14. The van der Waals surface area contributed by atoms with E-state index in [0.29, 0.717) is 17.4 Å². The summed E-state index contributed by atoms with van der Waals surface area (Å²) >= 11 is 7.24. The van der Waals surface area contributed by atoms with E-state index in [-0.39, 0.29) is 18.7 Å². The predicted octanol–water partition coefficient (Wildman–Crippen LogP) is 2.61. The number of carbonyl (C=O) groups is 2. The molecule has 0 aromatic carbocycles. The zero-order valence-corrected chi connectivity index (χ0v) is 11.1. The van der Waals surface area contributed by atoms with Crippen molar-refractivity contribution in [3.05, 3.63) is 21.3 Å². The van der Waals surface area contributed by atoms with Gasteiger partial charge in [0.05, 0.1) is 17.3 Å². The lowest BCUT2D eigenvalue weighted by Gasteiger charge is -2.19. The van der Waals surface area contributed by atoms with Crippen LogP contribution in [-0.2, 0) is 16.1 Å². The van der Waals surface area contributed by atoms with E-state index in [0.717, 1.165) is 4.88 Å². The SMILES string of the molecule is CCN(Cc1ccc(Cl)s1)C(=O)CCC(=O)O. The average molecular weight is 276 g/mol. The third-order valence-electron chi connectivity index (χ3n) is 2.26. The number of rotatable bonds is 6. The van der Waals surface area contributed by atoms with Crippen LogP contribution >= 0.6 is 22.9 Å². The van der Waals surface area contributed by atoms with E-state index >= 15 is 0 Å². The van der Waals surface area contributed by atoms with Crippen LogP contribution < -0.4 is 0 Å². The van der Waals surface area contributed by atoms with E-state index in [2.05, 4.69) is 0 Å². The quantitative estimate of drug-likeness (QED) is 0.868. The van der Waals surface area contributed by atoms with Gasteiger partial charge in [0, 0.05) is 17.8 Å². The maximum absolute atomic E-state index is 11.7. The monoisotopic (exact) mass is 275 g/mol. The summed E-state index contributed by atoms with van der Waals surface area (Å²) in [7, 11) is 0. The zero-order valence-electron chi connectivity index (χ0n) is 9.48. The van der Waals surface area contributed by atoms with Gasteiger partial charge < -0.3 is 10.0 Å². The standard InChI is InChI=1S/C11H14ClNO3S/c1-2-13(10(14)5-6-11(15)16)7-8-3-4-9(12)17-8/h3-4H,2,5-7H2,1H3,(H,15,16). The molecule has 0 spiro atoms. The first kappa shape index (κ1) is 14.0. The van der Waals surface area contributed by atoms with Gasteiger partial charge >= 0.3 is 5.97 Å². The Kier molecular flexibility index (Phi) is 5.44. The molecule has 1 aromatic rings. The Hall–Kier alpha value is -1.07. The summed E-state index contributed by atoms with van der Waals surface area (Å²) in [5.74, 6) is -1.09. The fraction of sp³-hybridized carbons (Fsp3) is 0.455. The molecule has 17 heavy (non-hydrogen) atoms. The topological polar surface area (TPSA) is 57.6 Å². The van der Waals surface area contributed by atoms with Gasteiger partial charge in [0.2, 0.25) is 5.91 Å². The van der Waals surface area contributed by atoms with Gasteiger partial charge in [0.25, 0.3) is 0 Å². The fourth-order valence-corrected chi connectivity index (χ4v) is 2.48. The summed E-state index contributed by atoms with van der Waals surface area (Å²) in [6, 6.07) is 3.66. The van der Waals surface area contributed by atoms with E-state index in [4.69, 9.17) is 16.7 Å². The molecule has 0 aliphatic heterocycles. The van der Waals surface area contributed by atoms with Crippen LogP contribution in [0.2, 0.25) is 4.34 Å². The van der Waals surface area contributed by atoms with E-state index in [1.165, 1.54) is 11.3 Å². The minimum Gasteiger partial charge on any atom is -0.481 e. The van der Waals surface area contributed by atoms with Crippen molar-refractivity contribution in [2.45, 2.75) is 26.3 Å². The molecule has 0 bridgehead atoms. The van der Waals surface area contributed by atoms with Gasteiger partial charge in [-0.2, -0.15) is 0 Å². The molecule has 0 aliphatic rings. The Morgan fingerprint density at radius 2 is 2.12 bits per heavy atom. The first-order valence-corrected chi connectivity index (χ1v) is 6.46. The molecule has 94 valence electrons. The molecule has 1 N–H and O–H groups in total. The molecule has 1 aromatic heterocycles. The van der Waals surface area contributed by atoms with Crippen LogP contribution in [0.1, 0.15) is 24.6 Å². The summed E-state index contributed by atoms with van der Waals surface area (Å²) in [5.41, 5.74) is 0. The second-order valence-electron chi connectivity index (χ2n) is 3.51. The van der Waals surface area contributed by atoms with Crippen LogP contribution in [0, 0.1) is 0 Å². The van der Waals surface area contributed by atoms with Gasteiger partial charge in [-0.1, -0.05) is 11.6 Å². The predicted molar refractivity (Wildman–Crippen MR) is 67.3 cm³/mol. The van der Waals surface area contributed by atoms with Crippen LogP contribution in [0.4, 0.5) is 0 Å². The molecule has 0 atom stereocenters. The van der Waals surface area contributed by atoms with Gasteiger partial charge in [-0.15, -0.1) is 11.3 Å². The third-order valence-corrected chi connectivity index (χ3v) is 3.48. The summed E-state index contributed by atoms with van der Waals surface area (Å²) in [6.45, 7) is 2.92. The van der Waals surface area contributed by atoms with E-state index < -0.39 is 5.97 Å². The summed E-state index contributed by atoms with van der Waals surface area (Å²) < 4.78 is 0.689. The number of aliphatic carboxylic acids is 1. The fourth-order valence-electron chi connectivity index (χ4n) is 1.37. The van der Waals surface area contributed by atoms with Gasteiger partial charge in [-0.3, -0.25) is 9.59 Å². The Morgan fingerprint density at radius 1 is 1.41 bits per heavy atom. The molecule has 0 saturated heterocycles. The van der Waals surface area contributed by atoms with Gasteiger partial charge in [-0.05, 0) is 19.1 Å². The number of carbonyl (C=O) groups excluding carboxylic acids is 1. The van der Waals surface area contributed by atoms with Crippen molar-refractivity contribution in [2.24, 2.45) is 0 Å². The number of amides is 1.